The maximum atomic E-state index is 12.2. The van der Waals surface area contributed by atoms with Crippen LogP contribution in [0.2, 0.25) is 0 Å². The van der Waals surface area contributed by atoms with Crippen molar-refractivity contribution in [1.29, 1.82) is 0 Å². The number of ether oxygens (including phenoxy) is 3. The van der Waals surface area contributed by atoms with Gasteiger partial charge in [-0.3, -0.25) is 34.7 Å². The van der Waals surface area contributed by atoms with Crippen LogP contribution in [0.15, 0.2) is 36.5 Å². The topological polar surface area (TPSA) is 200 Å². The fourth-order valence-electron chi connectivity index (χ4n) is 3.90. The van der Waals surface area contributed by atoms with Crippen molar-refractivity contribution >= 4 is 35.1 Å². The summed E-state index contributed by atoms with van der Waals surface area (Å²) < 4.78 is 15.5. The summed E-state index contributed by atoms with van der Waals surface area (Å²) in [6.07, 6.45) is 5.68. The molecule has 16 nitrogen and oxygen atoms in total. The van der Waals surface area contributed by atoms with Gasteiger partial charge in [0.1, 0.15) is 5.75 Å². The highest BCUT2D eigenvalue weighted by Gasteiger charge is 2.23. The molecule has 1 aliphatic heterocycles. The molecule has 2 heterocycles. The monoisotopic (exact) mass is 603 g/mol. The molecule has 1 aromatic carbocycles. The quantitative estimate of drug-likeness (QED) is 0.0882. The number of carbonyl (C=O) groups is 2. The van der Waals surface area contributed by atoms with Crippen LogP contribution in [-0.4, -0.2) is 106 Å². The van der Waals surface area contributed by atoms with E-state index < -0.39 is 15.8 Å². The zero-order valence-corrected chi connectivity index (χ0v) is 24.4. The number of anilines is 2. The number of carbonyl (C=O) groups excluding carboxylic acids is 2. The van der Waals surface area contributed by atoms with Gasteiger partial charge in [0.25, 0.3) is 11.6 Å². The molecule has 0 unspecified atom stereocenters. The number of methoxy groups -OCH3 is 1. The number of hydrogen-bond donors (Lipinski definition) is 3. The number of nitro groups is 2. The van der Waals surface area contributed by atoms with Crippen LogP contribution in [0.4, 0.5) is 22.9 Å². The molecule has 1 amide bonds. The first kappa shape index (κ1) is 34.5. The van der Waals surface area contributed by atoms with Crippen LogP contribution in [0, 0.1) is 20.2 Å². The Balaban J connectivity index is 0.00000206. The van der Waals surface area contributed by atoms with E-state index in [2.05, 4.69) is 30.6 Å². The number of hydrogen-bond acceptors (Lipinski definition) is 13. The lowest BCUT2D eigenvalue weighted by Crippen LogP contribution is -2.37. The molecule has 0 atom stereocenters. The van der Waals surface area contributed by atoms with Gasteiger partial charge in [-0.25, -0.2) is 4.98 Å². The molecule has 43 heavy (non-hydrogen) atoms. The predicted octanol–water partition coefficient (Wildman–Crippen LogP) is 2.51. The molecule has 1 saturated heterocycles. The van der Waals surface area contributed by atoms with Gasteiger partial charge in [0, 0.05) is 83.4 Å². The molecule has 1 aromatic heterocycles. The number of nitro benzene ring substituents is 1. The largest absolute Gasteiger partial charge is 0.491 e. The molecule has 3 rings (SSSR count). The second-order valence-corrected chi connectivity index (χ2v) is 9.01. The van der Waals surface area contributed by atoms with Gasteiger partial charge in [0.15, 0.2) is 12.0 Å². The van der Waals surface area contributed by atoms with Crippen LogP contribution in [0.3, 0.4) is 0 Å². The van der Waals surface area contributed by atoms with Crippen molar-refractivity contribution in [3.63, 3.8) is 0 Å². The summed E-state index contributed by atoms with van der Waals surface area (Å²) in [4.78, 5) is 51.1. The van der Waals surface area contributed by atoms with E-state index in [1.807, 2.05) is 0 Å². The summed E-state index contributed by atoms with van der Waals surface area (Å²) in [7, 11) is 4.68. The average molecular weight is 604 g/mol. The molecular weight excluding hydrogens is 566 g/mol. The number of amides is 1. The number of rotatable bonds is 15. The van der Waals surface area contributed by atoms with E-state index in [-0.39, 0.29) is 59.5 Å². The predicted molar refractivity (Wildman–Crippen MR) is 159 cm³/mol. The van der Waals surface area contributed by atoms with Gasteiger partial charge in [-0.15, -0.1) is 0 Å². The van der Waals surface area contributed by atoms with E-state index in [9.17, 15) is 29.8 Å². The molecule has 0 radical (unpaired) electrons. The number of morpholine rings is 1. The first-order valence-electron chi connectivity index (χ1n) is 13.4. The fraction of sp³-hybridized carbons (Fsp3) is 0.444. The van der Waals surface area contributed by atoms with E-state index in [0.29, 0.717) is 25.9 Å². The lowest BCUT2D eigenvalue weighted by molar-refractivity contribution is -0.384. The summed E-state index contributed by atoms with van der Waals surface area (Å²) in [5.41, 5.74) is -0.342. The van der Waals surface area contributed by atoms with Gasteiger partial charge in [-0.2, -0.15) is 0 Å². The second kappa shape index (κ2) is 18.7. The van der Waals surface area contributed by atoms with Gasteiger partial charge in [-0.05, 0) is 12.5 Å². The Kier molecular flexibility index (Phi) is 15.0. The molecule has 16 heteroatoms. The van der Waals surface area contributed by atoms with Crippen LogP contribution < -0.4 is 20.7 Å². The Morgan fingerprint density at radius 3 is 2.33 bits per heavy atom. The minimum absolute atomic E-state index is 0.00130. The third-order valence-corrected chi connectivity index (χ3v) is 5.92. The van der Waals surface area contributed by atoms with Crippen molar-refractivity contribution in [2.75, 3.05) is 84.4 Å². The smallest absolute Gasteiger partial charge is 0.312 e. The van der Waals surface area contributed by atoms with Gasteiger partial charge in [0.05, 0.1) is 29.7 Å². The van der Waals surface area contributed by atoms with E-state index in [1.165, 1.54) is 25.4 Å². The molecule has 234 valence electrons. The number of nitrogens with one attached hydrogen (secondary N) is 3. The van der Waals surface area contributed by atoms with E-state index in [4.69, 9.17) is 9.47 Å². The summed E-state index contributed by atoms with van der Waals surface area (Å²) >= 11 is 0. The SMILES string of the molecule is CNC(=O)c1cc(OCCCN2CCOCC2)c(NC/C=C/CNc2ncc(C=O)cc2[N+](=O)[O-])c([N+](=O)[O-])c1.COC. The lowest BCUT2D eigenvalue weighted by atomic mass is 10.1. The minimum atomic E-state index is -0.641. The van der Waals surface area contributed by atoms with Crippen molar-refractivity contribution in [3.8, 4) is 5.75 Å². The molecule has 0 bridgehead atoms. The molecule has 0 aliphatic carbocycles. The Bertz CT molecular complexity index is 1270. The summed E-state index contributed by atoms with van der Waals surface area (Å²) in [6, 6.07) is 3.76. The van der Waals surface area contributed by atoms with Gasteiger partial charge >= 0.3 is 5.69 Å². The normalized spacial score (nSPS) is 13.0. The highest BCUT2D eigenvalue weighted by molar-refractivity contribution is 5.96. The molecule has 0 spiro atoms. The van der Waals surface area contributed by atoms with Crippen LogP contribution in [0.25, 0.3) is 0 Å². The van der Waals surface area contributed by atoms with Gasteiger partial charge < -0.3 is 30.2 Å². The molecule has 1 aliphatic rings. The second-order valence-electron chi connectivity index (χ2n) is 9.01. The standard InChI is InChI=1S/C25H31N7O8.C2H6O/c1-26-25(34)19-14-20(31(35)36)23(22(15-19)40-10-4-7-30-8-11-39-12-9-30)27-5-2-3-6-28-24-21(32(37)38)13-18(17-33)16-29-24;1-3-2/h2-3,13-17,27H,4-12H2,1H3,(H,26,34)(H,28,29);1-2H3/b3-2+;. The Morgan fingerprint density at radius 2 is 1.72 bits per heavy atom. The average Bonchev–Trinajstić information content (AvgIpc) is 3.01. The van der Waals surface area contributed by atoms with E-state index >= 15 is 0 Å². The van der Waals surface area contributed by atoms with Crippen molar-refractivity contribution in [2.45, 2.75) is 6.42 Å². The van der Waals surface area contributed by atoms with Gasteiger partial charge in [0.2, 0.25) is 5.82 Å². The first-order valence-corrected chi connectivity index (χ1v) is 13.4. The molecule has 1 fully saturated rings. The van der Waals surface area contributed by atoms with E-state index in [1.54, 1.807) is 26.4 Å². The molecule has 3 N–H and O–H groups in total. The maximum absolute atomic E-state index is 12.2. The van der Waals surface area contributed by atoms with Crippen LogP contribution in [-0.2, 0) is 9.47 Å². The zero-order chi connectivity index (χ0) is 31.6. The van der Waals surface area contributed by atoms with Crippen molar-refractivity contribution < 1.29 is 33.6 Å². The highest BCUT2D eigenvalue weighted by Crippen LogP contribution is 2.36. The van der Waals surface area contributed by atoms with E-state index in [0.717, 1.165) is 25.7 Å². The number of aromatic nitrogens is 1. The number of pyridine rings is 1. The fourth-order valence-corrected chi connectivity index (χ4v) is 3.90. The highest BCUT2D eigenvalue weighted by atomic mass is 16.6. The zero-order valence-electron chi connectivity index (χ0n) is 24.4. The summed E-state index contributed by atoms with van der Waals surface area (Å²) in [5, 5.41) is 31.3. The Morgan fingerprint density at radius 1 is 1.07 bits per heavy atom. The minimum Gasteiger partial charge on any atom is -0.491 e. The van der Waals surface area contributed by atoms with Crippen molar-refractivity contribution in [3.05, 3.63) is 67.9 Å². The Hall–Kier alpha value is -4.67. The third kappa shape index (κ3) is 11.3. The summed E-state index contributed by atoms with van der Waals surface area (Å²) in [5.74, 6) is -0.305. The van der Waals surface area contributed by atoms with Crippen LogP contribution >= 0.6 is 0 Å². The first-order chi connectivity index (χ1) is 20.7. The third-order valence-electron chi connectivity index (χ3n) is 5.92. The summed E-state index contributed by atoms with van der Waals surface area (Å²) in [6.45, 7) is 4.41. The van der Waals surface area contributed by atoms with Crippen LogP contribution in [0.1, 0.15) is 27.1 Å². The van der Waals surface area contributed by atoms with Crippen molar-refractivity contribution in [1.82, 2.24) is 15.2 Å². The number of benzene rings is 1. The molecule has 2 aromatic rings. The van der Waals surface area contributed by atoms with Crippen molar-refractivity contribution in [2.24, 2.45) is 0 Å². The lowest BCUT2D eigenvalue weighted by Gasteiger charge is -2.26. The number of aldehydes is 1. The molecular formula is C27H37N7O9. The molecule has 0 saturated carbocycles. The maximum Gasteiger partial charge on any atom is 0.312 e. The Labute approximate surface area is 248 Å². The van der Waals surface area contributed by atoms with Crippen LogP contribution in [0.5, 0.6) is 5.75 Å². The number of nitrogens with zero attached hydrogens (tertiary/aromatic N) is 4. The van der Waals surface area contributed by atoms with Gasteiger partial charge in [-0.1, -0.05) is 12.2 Å².